The normalized spacial score (nSPS) is 10.0. The highest BCUT2D eigenvalue weighted by Crippen LogP contribution is 2.07. The van der Waals surface area contributed by atoms with E-state index in [2.05, 4.69) is 23.5 Å². The van der Waals surface area contributed by atoms with E-state index in [1.54, 1.807) is 0 Å². The van der Waals surface area contributed by atoms with Gasteiger partial charge in [-0.2, -0.15) is 0 Å². The Balaban J connectivity index is 2.36. The van der Waals surface area contributed by atoms with Crippen molar-refractivity contribution in [2.75, 3.05) is 18.5 Å². The first kappa shape index (κ1) is 8.04. The molecule has 1 heterocycles. The first-order valence-corrected chi connectivity index (χ1v) is 3.75. The van der Waals surface area contributed by atoms with Crippen molar-refractivity contribution in [3.8, 4) is 0 Å². The van der Waals surface area contributed by atoms with Gasteiger partial charge in [0.25, 0.3) is 5.88 Å². The molecule has 0 N–H and O–H groups in total. The minimum atomic E-state index is 0.610. The molecule has 1 aromatic rings. The number of hydrogen-bond acceptors (Lipinski definition) is 4. The molecule has 0 aromatic carbocycles. The molecule has 0 aliphatic rings. The summed E-state index contributed by atoms with van der Waals surface area (Å²) in [7, 11) is 1.94. The zero-order valence-electron chi connectivity index (χ0n) is 6.87. The Morgan fingerprint density at radius 2 is 2.45 bits per heavy atom. The van der Waals surface area contributed by atoms with Crippen LogP contribution in [0, 0.1) is 6.20 Å². The molecule has 1 radical (unpaired) electrons. The van der Waals surface area contributed by atoms with Crippen LogP contribution in [0.1, 0.15) is 19.8 Å². The third kappa shape index (κ3) is 2.22. The van der Waals surface area contributed by atoms with E-state index < -0.39 is 0 Å². The van der Waals surface area contributed by atoms with Crippen LogP contribution in [0.5, 0.6) is 0 Å². The molecule has 0 aliphatic carbocycles. The summed E-state index contributed by atoms with van der Waals surface area (Å²) in [5.74, 6) is 0.610. The van der Waals surface area contributed by atoms with E-state index in [9.17, 15) is 0 Å². The second kappa shape index (κ2) is 3.95. The van der Waals surface area contributed by atoms with Gasteiger partial charge in [-0.1, -0.05) is 13.3 Å². The first-order valence-electron chi connectivity index (χ1n) is 3.75. The number of rotatable bonds is 4. The third-order valence-electron chi connectivity index (χ3n) is 1.51. The van der Waals surface area contributed by atoms with E-state index in [1.165, 1.54) is 6.42 Å². The zero-order valence-corrected chi connectivity index (χ0v) is 6.87. The molecule has 4 nitrogen and oxygen atoms in total. The van der Waals surface area contributed by atoms with E-state index in [4.69, 9.17) is 4.52 Å². The lowest BCUT2D eigenvalue weighted by molar-refractivity contribution is 0.393. The van der Waals surface area contributed by atoms with Crippen LogP contribution in [-0.4, -0.2) is 24.0 Å². The summed E-state index contributed by atoms with van der Waals surface area (Å²) in [6.45, 7) is 3.11. The summed E-state index contributed by atoms with van der Waals surface area (Å²) < 4.78 is 4.80. The van der Waals surface area contributed by atoms with Crippen LogP contribution in [0.25, 0.3) is 0 Å². The average molecular weight is 154 g/mol. The van der Waals surface area contributed by atoms with Crippen molar-refractivity contribution in [1.82, 2.24) is 10.4 Å². The number of nitrogens with zero attached hydrogens (tertiary/aromatic N) is 3. The van der Waals surface area contributed by atoms with Crippen LogP contribution >= 0.6 is 0 Å². The molecule has 0 saturated heterocycles. The maximum Gasteiger partial charge on any atom is 0.257 e. The first-order chi connectivity index (χ1) is 5.34. The number of aromatic nitrogens is 2. The zero-order chi connectivity index (χ0) is 8.10. The largest absolute Gasteiger partial charge is 0.342 e. The summed E-state index contributed by atoms with van der Waals surface area (Å²) in [6.07, 6.45) is 4.96. The molecule has 0 saturated carbocycles. The van der Waals surface area contributed by atoms with E-state index in [0.29, 0.717) is 5.88 Å². The molecule has 0 spiro atoms. The summed E-state index contributed by atoms with van der Waals surface area (Å²) in [5.41, 5.74) is 0. The molecule has 0 unspecified atom stereocenters. The van der Waals surface area contributed by atoms with Crippen molar-refractivity contribution in [2.45, 2.75) is 19.8 Å². The Labute approximate surface area is 66.2 Å². The molecule has 0 fully saturated rings. The number of anilines is 1. The van der Waals surface area contributed by atoms with Gasteiger partial charge in [-0.3, -0.25) is 0 Å². The van der Waals surface area contributed by atoms with E-state index >= 15 is 0 Å². The molecule has 4 heteroatoms. The fourth-order valence-corrected chi connectivity index (χ4v) is 0.795. The molecule has 0 atom stereocenters. The highest BCUT2D eigenvalue weighted by atomic mass is 16.5. The van der Waals surface area contributed by atoms with Crippen LogP contribution in [-0.2, 0) is 0 Å². The molecule has 11 heavy (non-hydrogen) atoms. The van der Waals surface area contributed by atoms with Crippen LogP contribution in [0.15, 0.2) is 4.52 Å². The van der Waals surface area contributed by atoms with Gasteiger partial charge in [0.05, 0.1) is 0 Å². The number of unbranched alkanes of at least 4 members (excludes halogenated alkanes) is 1. The van der Waals surface area contributed by atoms with Gasteiger partial charge in [0.15, 0.2) is 6.20 Å². The Kier molecular flexibility index (Phi) is 2.89. The predicted octanol–water partition coefficient (Wildman–Crippen LogP) is 1.11. The molecule has 0 amide bonds. The fraction of sp³-hybridized carbons (Fsp3) is 0.714. The Morgan fingerprint density at radius 1 is 1.64 bits per heavy atom. The third-order valence-corrected chi connectivity index (χ3v) is 1.51. The predicted molar refractivity (Wildman–Crippen MR) is 41.3 cm³/mol. The molecule has 0 aliphatic heterocycles. The lowest BCUT2D eigenvalue weighted by Crippen LogP contribution is -2.17. The van der Waals surface area contributed by atoms with Gasteiger partial charge >= 0.3 is 0 Å². The Hall–Kier alpha value is -1.06. The second-order valence-corrected chi connectivity index (χ2v) is 2.47. The summed E-state index contributed by atoms with van der Waals surface area (Å²) in [4.78, 5) is 1.95. The van der Waals surface area contributed by atoms with Gasteiger partial charge in [-0.15, -0.1) is 5.10 Å². The molecule has 0 bridgehead atoms. The van der Waals surface area contributed by atoms with Crippen LogP contribution in [0.2, 0.25) is 0 Å². The molecular formula is C7H12N3O. The Bertz CT molecular complexity index is 186. The molecule has 1 rings (SSSR count). The van der Waals surface area contributed by atoms with Crippen molar-refractivity contribution < 1.29 is 4.52 Å². The lowest BCUT2D eigenvalue weighted by Gasteiger charge is -2.12. The van der Waals surface area contributed by atoms with Gasteiger partial charge in [-0.25, -0.2) is 0 Å². The lowest BCUT2D eigenvalue weighted by atomic mass is 10.3. The summed E-state index contributed by atoms with van der Waals surface area (Å²) in [5, 5.41) is 6.80. The van der Waals surface area contributed by atoms with Crippen LogP contribution < -0.4 is 4.90 Å². The maximum atomic E-state index is 4.80. The highest BCUT2D eigenvalue weighted by molar-refractivity contribution is 5.26. The standard InChI is InChI=1S/C7H12N3O/c1-3-4-5-10(2)7-6-8-9-11-7/h3-5H2,1-2H3. The molecular weight excluding hydrogens is 142 g/mol. The van der Waals surface area contributed by atoms with Gasteiger partial charge < -0.3 is 9.42 Å². The average Bonchev–Trinajstić information content (AvgIpc) is 2.52. The SMILES string of the molecule is CCCCN(C)c1[c]nno1. The second-order valence-electron chi connectivity index (χ2n) is 2.47. The quantitative estimate of drug-likeness (QED) is 0.651. The van der Waals surface area contributed by atoms with Crippen molar-refractivity contribution >= 4 is 5.88 Å². The van der Waals surface area contributed by atoms with Crippen LogP contribution in [0.3, 0.4) is 0 Å². The van der Waals surface area contributed by atoms with Crippen molar-refractivity contribution in [3.63, 3.8) is 0 Å². The van der Waals surface area contributed by atoms with E-state index in [-0.39, 0.29) is 0 Å². The van der Waals surface area contributed by atoms with Gasteiger partial charge in [0, 0.05) is 18.9 Å². The summed E-state index contributed by atoms with van der Waals surface area (Å²) in [6, 6.07) is 0. The van der Waals surface area contributed by atoms with E-state index in [1.807, 2.05) is 11.9 Å². The smallest absolute Gasteiger partial charge is 0.257 e. The minimum absolute atomic E-state index is 0.610. The van der Waals surface area contributed by atoms with Crippen molar-refractivity contribution in [2.24, 2.45) is 0 Å². The molecule has 61 valence electrons. The topological polar surface area (TPSA) is 42.2 Å². The minimum Gasteiger partial charge on any atom is -0.342 e. The van der Waals surface area contributed by atoms with E-state index in [0.717, 1.165) is 13.0 Å². The van der Waals surface area contributed by atoms with Gasteiger partial charge in [0.2, 0.25) is 0 Å². The van der Waals surface area contributed by atoms with Crippen molar-refractivity contribution in [1.29, 1.82) is 0 Å². The fourth-order valence-electron chi connectivity index (χ4n) is 0.795. The molecule has 1 aromatic heterocycles. The van der Waals surface area contributed by atoms with Gasteiger partial charge in [-0.05, 0) is 6.42 Å². The Morgan fingerprint density at radius 3 is 3.00 bits per heavy atom. The maximum absolute atomic E-state index is 4.80. The monoisotopic (exact) mass is 154 g/mol. The number of hydrogen-bond donors (Lipinski definition) is 0. The van der Waals surface area contributed by atoms with Crippen LogP contribution in [0.4, 0.5) is 5.88 Å². The summed E-state index contributed by atoms with van der Waals surface area (Å²) >= 11 is 0. The van der Waals surface area contributed by atoms with Gasteiger partial charge in [0.1, 0.15) is 0 Å². The van der Waals surface area contributed by atoms with Crippen molar-refractivity contribution in [3.05, 3.63) is 6.20 Å². The highest BCUT2D eigenvalue weighted by Gasteiger charge is 2.03.